The number of nitrogens with zero attached hydrogens (tertiary/aromatic N) is 1. The Hall–Kier alpha value is -1.36. The summed E-state index contributed by atoms with van der Waals surface area (Å²) in [5.41, 5.74) is 0. The number of amides is 1. The van der Waals surface area contributed by atoms with Gasteiger partial charge in [-0.2, -0.15) is 0 Å². The lowest BCUT2D eigenvalue weighted by molar-refractivity contribution is -0.142. The number of carboxylic acid groups (broad SMARTS) is 1. The van der Waals surface area contributed by atoms with E-state index in [0.717, 1.165) is 25.7 Å². The van der Waals surface area contributed by atoms with Gasteiger partial charge in [-0.1, -0.05) is 57.6 Å². The van der Waals surface area contributed by atoms with Crippen molar-refractivity contribution in [2.24, 2.45) is 0 Å². The molecule has 0 aliphatic carbocycles. The SMILES string of the molecule is CCC/C=C/CCCCCCCCCC(=O)NCCCC[C@@H](C(=O)O)N(C)C. The molecule has 5 nitrogen and oxygen atoms in total. The number of allylic oxidation sites excluding steroid dienone is 2. The normalized spacial score (nSPS) is 12.6. The Morgan fingerprint density at radius 1 is 0.893 bits per heavy atom. The molecule has 0 aromatic carbocycles. The second-order valence-electron chi connectivity index (χ2n) is 7.94. The molecule has 0 spiro atoms. The number of aliphatic carboxylic acids is 1. The van der Waals surface area contributed by atoms with Crippen LogP contribution in [0.3, 0.4) is 0 Å². The average molecular weight is 397 g/mol. The second-order valence-corrected chi connectivity index (χ2v) is 7.94. The Morgan fingerprint density at radius 2 is 1.50 bits per heavy atom. The Labute approximate surface area is 173 Å². The van der Waals surface area contributed by atoms with Gasteiger partial charge >= 0.3 is 5.97 Å². The van der Waals surface area contributed by atoms with Gasteiger partial charge in [0.15, 0.2) is 0 Å². The van der Waals surface area contributed by atoms with Crippen molar-refractivity contribution in [1.29, 1.82) is 0 Å². The number of likely N-dealkylation sites (N-methyl/N-ethyl adjacent to an activating group) is 1. The lowest BCUT2D eigenvalue weighted by Crippen LogP contribution is -2.35. The predicted octanol–water partition coefficient (Wildman–Crippen LogP) is 5.15. The van der Waals surface area contributed by atoms with E-state index in [1.54, 1.807) is 19.0 Å². The van der Waals surface area contributed by atoms with Gasteiger partial charge in [0.05, 0.1) is 0 Å². The standard InChI is InChI=1S/C23H44N2O3/c1-4-5-6-7-8-9-10-11-12-13-14-15-19-22(26)24-20-17-16-18-21(23(27)28)25(2)3/h6-7,21H,4-5,8-20H2,1-3H3,(H,24,26)(H,27,28)/b7-6+/t21-/m0/s1. The number of carboxylic acids is 1. The summed E-state index contributed by atoms with van der Waals surface area (Å²) in [6.07, 6.45) is 19.6. The summed E-state index contributed by atoms with van der Waals surface area (Å²) in [6, 6.07) is -0.437. The van der Waals surface area contributed by atoms with Gasteiger partial charge in [-0.25, -0.2) is 0 Å². The molecule has 0 aliphatic rings. The molecule has 0 heterocycles. The lowest BCUT2D eigenvalue weighted by atomic mass is 10.1. The largest absolute Gasteiger partial charge is 0.480 e. The van der Waals surface area contributed by atoms with Crippen molar-refractivity contribution in [3.8, 4) is 0 Å². The minimum Gasteiger partial charge on any atom is -0.480 e. The molecule has 0 saturated carbocycles. The van der Waals surface area contributed by atoms with Crippen molar-refractivity contribution in [2.75, 3.05) is 20.6 Å². The number of hydrogen-bond donors (Lipinski definition) is 2. The van der Waals surface area contributed by atoms with Crippen molar-refractivity contribution in [1.82, 2.24) is 10.2 Å². The first-order chi connectivity index (χ1) is 13.5. The Morgan fingerprint density at radius 3 is 2.11 bits per heavy atom. The van der Waals surface area contributed by atoms with Crippen LogP contribution in [0, 0.1) is 0 Å². The van der Waals surface area contributed by atoms with Gasteiger partial charge in [-0.3, -0.25) is 14.5 Å². The number of carbonyl (C=O) groups excluding carboxylic acids is 1. The summed E-state index contributed by atoms with van der Waals surface area (Å²) in [5, 5.41) is 12.1. The highest BCUT2D eigenvalue weighted by atomic mass is 16.4. The highest BCUT2D eigenvalue weighted by Crippen LogP contribution is 2.10. The Bertz CT molecular complexity index is 422. The van der Waals surface area contributed by atoms with E-state index in [1.807, 2.05) is 0 Å². The van der Waals surface area contributed by atoms with Crippen LogP contribution in [0.5, 0.6) is 0 Å². The number of unbranched alkanes of at least 4 members (excludes halogenated alkanes) is 9. The molecule has 0 rings (SSSR count). The fourth-order valence-corrected chi connectivity index (χ4v) is 3.22. The lowest BCUT2D eigenvalue weighted by Gasteiger charge is -2.19. The quantitative estimate of drug-likeness (QED) is 0.234. The third-order valence-electron chi connectivity index (χ3n) is 5.03. The maximum atomic E-state index is 11.8. The molecule has 0 fully saturated rings. The van der Waals surface area contributed by atoms with Crippen molar-refractivity contribution >= 4 is 11.9 Å². The average Bonchev–Trinajstić information content (AvgIpc) is 2.64. The van der Waals surface area contributed by atoms with Crippen LogP contribution in [0.2, 0.25) is 0 Å². The highest BCUT2D eigenvalue weighted by Gasteiger charge is 2.18. The van der Waals surface area contributed by atoms with E-state index in [1.165, 1.54) is 51.4 Å². The number of rotatable bonds is 19. The van der Waals surface area contributed by atoms with Crippen LogP contribution >= 0.6 is 0 Å². The molecular weight excluding hydrogens is 352 g/mol. The molecule has 0 unspecified atom stereocenters. The molecule has 2 N–H and O–H groups in total. The van der Waals surface area contributed by atoms with Gasteiger partial charge in [0, 0.05) is 13.0 Å². The van der Waals surface area contributed by atoms with Crippen LogP contribution in [0.4, 0.5) is 0 Å². The van der Waals surface area contributed by atoms with Gasteiger partial charge in [-0.15, -0.1) is 0 Å². The molecule has 164 valence electrons. The summed E-state index contributed by atoms with van der Waals surface area (Å²) in [4.78, 5) is 24.6. The molecule has 0 bridgehead atoms. The van der Waals surface area contributed by atoms with E-state index >= 15 is 0 Å². The highest BCUT2D eigenvalue weighted by molar-refractivity contribution is 5.75. The van der Waals surface area contributed by atoms with Crippen LogP contribution in [0.25, 0.3) is 0 Å². The summed E-state index contributed by atoms with van der Waals surface area (Å²) in [5.74, 6) is -0.654. The van der Waals surface area contributed by atoms with E-state index in [2.05, 4.69) is 24.4 Å². The van der Waals surface area contributed by atoms with E-state index < -0.39 is 12.0 Å². The number of hydrogen-bond acceptors (Lipinski definition) is 3. The fraction of sp³-hybridized carbons (Fsp3) is 0.826. The van der Waals surface area contributed by atoms with E-state index in [-0.39, 0.29) is 5.91 Å². The Balaban J connectivity index is 3.41. The predicted molar refractivity (Wildman–Crippen MR) is 118 cm³/mol. The van der Waals surface area contributed by atoms with Crippen LogP contribution < -0.4 is 5.32 Å². The molecule has 0 radical (unpaired) electrons. The van der Waals surface area contributed by atoms with Gasteiger partial charge in [0.1, 0.15) is 6.04 Å². The Kier molecular flexibility index (Phi) is 18.1. The van der Waals surface area contributed by atoms with Crippen LogP contribution in [-0.2, 0) is 9.59 Å². The zero-order valence-corrected chi connectivity index (χ0v) is 18.5. The third kappa shape index (κ3) is 16.8. The van der Waals surface area contributed by atoms with Crippen molar-refractivity contribution in [2.45, 2.75) is 103 Å². The summed E-state index contributed by atoms with van der Waals surface area (Å²) in [6.45, 7) is 2.85. The van der Waals surface area contributed by atoms with Crippen molar-refractivity contribution in [3.63, 3.8) is 0 Å². The molecule has 0 aromatic rings. The first-order valence-electron chi connectivity index (χ1n) is 11.3. The topological polar surface area (TPSA) is 69.6 Å². The molecule has 0 saturated heterocycles. The number of nitrogens with one attached hydrogen (secondary N) is 1. The maximum absolute atomic E-state index is 11.8. The molecule has 5 heteroatoms. The second kappa shape index (κ2) is 19.0. The van der Waals surface area contributed by atoms with Gasteiger partial charge < -0.3 is 10.4 Å². The summed E-state index contributed by atoms with van der Waals surface area (Å²) >= 11 is 0. The van der Waals surface area contributed by atoms with Crippen molar-refractivity contribution < 1.29 is 14.7 Å². The maximum Gasteiger partial charge on any atom is 0.320 e. The smallest absolute Gasteiger partial charge is 0.320 e. The monoisotopic (exact) mass is 396 g/mol. The zero-order valence-electron chi connectivity index (χ0n) is 18.5. The summed E-state index contributed by atoms with van der Waals surface area (Å²) < 4.78 is 0. The van der Waals surface area contributed by atoms with Crippen LogP contribution in [0.1, 0.15) is 96.8 Å². The molecule has 1 amide bonds. The molecular formula is C23H44N2O3. The van der Waals surface area contributed by atoms with E-state index in [4.69, 9.17) is 5.11 Å². The minimum atomic E-state index is -0.780. The zero-order chi connectivity index (χ0) is 21.0. The molecule has 28 heavy (non-hydrogen) atoms. The fourth-order valence-electron chi connectivity index (χ4n) is 3.22. The van der Waals surface area contributed by atoms with Crippen LogP contribution in [0.15, 0.2) is 12.2 Å². The van der Waals surface area contributed by atoms with E-state index in [9.17, 15) is 9.59 Å². The minimum absolute atomic E-state index is 0.126. The van der Waals surface area contributed by atoms with Gasteiger partial charge in [-0.05, 0) is 59.0 Å². The first-order valence-corrected chi connectivity index (χ1v) is 11.3. The first kappa shape index (κ1) is 26.6. The molecule has 1 atom stereocenters. The number of carbonyl (C=O) groups is 2. The van der Waals surface area contributed by atoms with Crippen LogP contribution in [-0.4, -0.2) is 48.6 Å². The molecule has 0 aliphatic heterocycles. The molecule has 0 aromatic heterocycles. The van der Waals surface area contributed by atoms with Crippen molar-refractivity contribution in [3.05, 3.63) is 12.2 Å². The summed E-state index contributed by atoms with van der Waals surface area (Å²) in [7, 11) is 3.57. The van der Waals surface area contributed by atoms with E-state index in [0.29, 0.717) is 19.4 Å². The van der Waals surface area contributed by atoms with Gasteiger partial charge in [0.2, 0.25) is 5.91 Å². The van der Waals surface area contributed by atoms with Gasteiger partial charge in [0.25, 0.3) is 0 Å². The third-order valence-corrected chi connectivity index (χ3v) is 5.03.